The lowest BCUT2D eigenvalue weighted by Gasteiger charge is -2.42. The van der Waals surface area contributed by atoms with E-state index in [1.54, 1.807) is 0 Å². The monoisotopic (exact) mass is 301 g/mol. The summed E-state index contributed by atoms with van der Waals surface area (Å²) < 4.78 is 0. The fourth-order valence-corrected chi connectivity index (χ4v) is 3.51. The molecule has 1 nitrogen and oxygen atoms in total. The van der Waals surface area contributed by atoms with Crippen LogP contribution in [0.3, 0.4) is 0 Å². The highest BCUT2D eigenvalue weighted by Gasteiger charge is 2.37. The minimum absolute atomic E-state index is 0. The van der Waals surface area contributed by atoms with Gasteiger partial charge in [-0.05, 0) is 43.6 Å². The molecule has 21 heavy (non-hydrogen) atoms. The molecule has 0 radical (unpaired) electrons. The molecule has 0 aliphatic carbocycles. The topological polar surface area (TPSA) is 3.24 Å². The second-order valence-electron chi connectivity index (χ2n) is 5.75. The minimum atomic E-state index is 0. The Kier molecular flexibility index (Phi) is 5.44. The van der Waals surface area contributed by atoms with Gasteiger partial charge >= 0.3 is 0 Å². The Labute approximate surface area is 134 Å². The van der Waals surface area contributed by atoms with E-state index in [-0.39, 0.29) is 17.8 Å². The molecule has 0 bridgehead atoms. The molecule has 2 heteroatoms. The predicted octanol–water partition coefficient (Wildman–Crippen LogP) is 4.51. The molecule has 0 atom stereocenters. The second-order valence-corrected chi connectivity index (χ2v) is 5.75. The number of likely N-dealkylation sites (tertiary alicyclic amines) is 1. The molecule has 112 valence electrons. The normalized spacial score (nSPS) is 18.0. The lowest BCUT2D eigenvalue weighted by Crippen LogP contribution is -2.43. The van der Waals surface area contributed by atoms with Gasteiger partial charge in [-0.3, -0.25) is 0 Å². The first-order valence-corrected chi connectivity index (χ1v) is 7.68. The van der Waals surface area contributed by atoms with E-state index < -0.39 is 0 Å². The van der Waals surface area contributed by atoms with E-state index in [9.17, 15) is 0 Å². The summed E-state index contributed by atoms with van der Waals surface area (Å²) in [6.07, 6.45) is 2.43. The second kappa shape index (κ2) is 7.11. The van der Waals surface area contributed by atoms with Gasteiger partial charge in [0.15, 0.2) is 0 Å². The largest absolute Gasteiger partial charge is 0.304 e. The Morgan fingerprint density at radius 3 is 1.62 bits per heavy atom. The zero-order valence-corrected chi connectivity index (χ0v) is 13.5. The maximum absolute atomic E-state index is 2.56. The smallest absolute Gasteiger partial charge is 0.0227 e. The van der Waals surface area contributed by atoms with E-state index in [2.05, 4.69) is 72.5 Å². The third-order valence-corrected chi connectivity index (χ3v) is 4.81. The van der Waals surface area contributed by atoms with Gasteiger partial charge in [0.1, 0.15) is 0 Å². The summed E-state index contributed by atoms with van der Waals surface area (Å²) >= 11 is 0. The lowest BCUT2D eigenvalue weighted by molar-refractivity contribution is 0.187. The Morgan fingerprint density at radius 1 is 0.810 bits per heavy atom. The van der Waals surface area contributed by atoms with Crippen LogP contribution < -0.4 is 0 Å². The molecule has 1 aliphatic heterocycles. The van der Waals surface area contributed by atoms with Crippen molar-refractivity contribution in [3.8, 4) is 0 Å². The van der Waals surface area contributed by atoms with Crippen molar-refractivity contribution < 1.29 is 0 Å². The summed E-state index contributed by atoms with van der Waals surface area (Å²) in [6, 6.07) is 22.1. The molecular formula is C19H24ClN. The number of rotatable bonds is 3. The van der Waals surface area contributed by atoms with Crippen LogP contribution in [0.25, 0.3) is 0 Å². The van der Waals surface area contributed by atoms with Gasteiger partial charge in [-0.25, -0.2) is 0 Å². The molecule has 0 aromatic heterocycles. The zero-order valence-electron chi connectivity index (χ0n) is 12.7. The van der Waals surface area contributed by atoms with Crippen molar-refractivity contribution in [1.82, 2.24) is 4.90 Å². The van der Waals surface area contributed by atoms with Crippen LogP contribution in [-0.4, -0.2) is 24.5 Å². The van der Waals surface area contributed by atoms with Gasteiger partial charge in [0.2, 0.25) is 0 Å². The standard InChI is InChI=1S/C19H23N.ClH/c1-2-20-15-13-19(14-16-20,17-9-5-3-6-10-17)18-11-7-4-8-12-18;/h3-12H,2,13-16H2,1H3;1H. The van der Waals surface area contributed by atoms with Crippen molar-refractivity contribution >= 4 is 12.4 Å². The van der Waals surface area contributed by atoms with E-state index in [0.717, 1.165) is 0 Å². The van der Waals surface area contributed by atoms with Gasteiger partial charge in [0.05, 0.1) is 0 Å². The fraction of sp³-hybridized carbons (Fsp3) is 0.368. The van der Waals surface area contributed by atoms with Crippen LogP contribution in [0.5, 0.6) is 0 Å². The summed E-state index contributed by atoms with van der Waals surface area (Å²) in [5.74, 6) is 0. The third-order valence-electron chi connectivity index (χ3n) is 4.81. The van der Waals surface area contributed by atoms with Gasteiger partial charge in [0, 0.05) is 5.41 Å². The molecule has 1 fully saturated rings. The molecule has 3 rings (SSSR count). The van der Waals surface area contributed by atoms with Crippen LogP contribution in [0.4, 0.5) is 0 Å². The Bertz CT molecular complexity index is 489. The molecule has 2 aromatic rings. The quantitative estimate of drug-likeness (QED) is 0.806. The number of hydrogen-bond donors (Lipinski definition) is 0. The Balaban J connectivity index is 0.00000161. The van der Waals surface area contributed by atoms with Crippen LogP contribution in [0.2, 0.25) is 0 Å². The van der Waals surface area contributed by atoms with E-state index >= 15 is 0 Å². The average molecular weight is 302 g/mol. The fourth-order valence-electron chi connectivity index (χ4n) is 3.51. The van der Waals surface area contributed by atoms with Gasteiger partial charge in [-0.15, -0.1) is 12.4 Å². The molecule has 0 amide bonds. The van der Waals surface area contributed by atoms with Crippen molar-refractivity contribution in [2.45, 2.75) is 25.2 Å². The number of halogens is 1. The minimum Gasteiger partial charge on any atom is -0.304 e. The molecule has 0 unspecified atom stereocenters. The summed E-state index contributed by atoms with van der Waals surface area (Å²) in [5.41, 5.74) is 3.15. The molecule has 2 aromatic carbocycles. The van der Waals surface area contributed by atoms with Gasteiger partial charge < -0.3 is 4.90 Å². The van der Waals surface area contributed by atoms with E-state index in [0.29, 0.717) is 0 Å². The Morgan fingerprint density at radius 2 is 1.24 bits per heavy atom. The molecule has 0 saturated carbocycles. The van der Waals surface area contributed by atoms with Gasteiger partial charge in [-0.2, -0.15) is 0 Å². The maximum Gasteiger partial charge on any atom is 0.0227 e. The average Bonchev–Trinajstić information content (AvgIpc) is 2.56. The van der Waals surface area contributed by atoms with Gasteiger partial charge in [0.25, 0.3) is 0 Å². The summed E-state index contributed by atoms with van der Waals surface area (Å²) in [5, 5.41) is 0. The zero-order chi connectivity index (χ0) is 13.8. The van der Waals surface area contributed by atoms with Crippen LogP contribution in [0.15, 0.2) is 60.7 Å². The van der Waals surface area contributed by atoms with Crippen LogP contribution in [0, 0.1) is 0 Å². The van der Waals surface area contributed by atoms with Crippen molar-refractivity contribution in [2.75, 3.05) is 19.6 Å². The summed E-state index contributed by atoms with van der Waals surface area (Å²) in [4.78, 5) is 2.56. The van der Waals surface area contributed by atoms with E-state index in [4.69, 9.17) is 0 Å². The number of hydrogen-bond acceptors (Lipinski definition) is 1. The van der Waals surface area contributed by atoms with Crippen molar-refractivity contribution in [3.05, 3.63) is 71.8 Å². The predicted molar refractivity (Wildman–Crippen MR) is 92.3 cm³/mol. The molecule has 1 heterocycles. The van der Waals surface area contributed by atoms with Crippen LogP contribution in [-0.2, 0) is 5.41 Å². The van der Waals surface area contributed by atoms with Crippen molar-refractivity contribution in [3.63, 3.8) is 0 Å². The number of benzene rings is 2. The molecule has 0 spiro atoms. The first-order chi connectivity index (χ1) is 9.85. The van der Waals surface area contributed by atoms with Gasteiger partial charge in [-0.1, -0.05) is 67.6 Å². The number of piperidine rings is 1. The van der Waals surface area contributed by atoms with Crippen molar-refractivity contribution in [1.29, 1.82) is 0 Å². The highest BCUT2D eigenvalue weighted by atomic mass is 35.5. The summed E-state index contributed by atoms with van der Waals surface area (Å²) in [7, 11) is 0. The molecule has 0 N–H and O–H groups in total. The first-order valence-electron chi connectivity index (χ1n) is 7.68. The van der Waals surface area contributed by atoms with Crippen LogP contribution in [0.1, 0.15) is 30.9 Å². The van der Waals surface area contributed by atoms with E-state index in [1.807, 2.05) is 0 Å². The number of nitrogens with zero attached hydrogens (tertiary/aromatic N) is 1. The highest BCUT2D eigenvalue weighted by molar-refractivity contribution is 5.85. The van der Waals surface area contributed by atoms with E-state index in [1.165, 1.54) is 43.6 Å². The maximum atomic E-state index is 2.56. The van der Waals surface area contributed by atoms with Crippen LogP contribution >= 0.6 is 12.4 Å². The third kappa shape index (κ3) is 3.14. The first kappa shape index (κ1) is 16.1. The summed E-state index contributed by atoms with van der Waals surface area (Å²) in [6.45, 7) is 5.82. The molecule has 1 aliphatic rings. The SMILES string of the molecule is CCN1CCC(c2ccccc2)(c2ccccc2)CC1.Cl. The molecular weight excluding hydrogens is 278 g/mol. The Hall–Kier alpha value is -1.31. The lowest BCUT2D eigenvalue weighted by atomic mass is 9.68. The molecule has 1 saturated heterocycles. The highest BCUT2D eigenvalue weighted by Crippen LogP contribution is 2.41. The van der Waals surface area contributed by atoms with Crippen molar-refractivity contribution in [2.24, 2.45) is 0 Å².